The molecule has 0 saturated carbocycles. The van der Waals surface area contributed by atoms with E-state index in [1.54, 1.807) is 24.4 Å². The topological polar surface area (TPSA) is 101 Å². The Morgan fingerprint density at radius 1 is 1.27 bits per heavy atom. The van der Waals surface area contributed by atoms with Crippen LogP contribution in [0.5, 0.6) is 0 Å². The van der Waals surface area contributed by atoms with E-state index in [0.29, 0.717) is 11.1 Å². The number of nitro benzene ring substituents is 1. The van der Waals surface area contributed by atoms with E-state index in [9.17, 15) is 14.9 Å². The molecule has 1 fully saturated rings. The minimum Gasteiger partial charge on any atom is -0.371 e. The largest absolute Gasteiger partial charge is 0.371 e. The number of carbonyl (C=O) groups excluding carboxylic acids is 1. The number of hydrogen-bond acceptors (Lipinski definition) is 6. The molecule has 1 amide bonds. The van der Waals surface area contributed by atoms with Crippen molar-refractivity contribution < 1.29 is 9.72 Å². The lowest BCUT2D eigenvalue weighted by Crippen LogP contribution is -2.30. The van der Waals surface area contributed by atoms with Gasteiger partial charge in [0.1, 0.15) is 0 Å². The lowest BCUT2D eigenvalue weighted by atomic mass is 10.1. The predicted molar refractivity (Wildman–Crippen MR) is 98.5 cm³/mol. The second-order valence-electron chi connectivity index (χ2n) is 5.99. The first-order valence-corrected chi connectivity index (χ1v) is 8.42. The quantitative estimate of drug-likeness (QED) is 0.506. The first-order chi connectivity index (χ1) is 12.6. The molecule has 8 heteroatoms. The molecule has 1 aliphatic heterocycles. The van der Waals surface area contributed by atoms with Crippen LogP contribution in [0.4, 0.5) is 11.4 Å². The molecule has 3 rings (SSSR count). The van der Waals surface area contributed by atoms with E-state index in [-0.39, 0.29) is 11.6 Å². The second-order valence-corrected chi connectivity index (χ2v) is 5.99. The number of nitro groups is 1. The molecule has 1 aromatic carbocycles. The van der Waals surface area contributed by atoms with Gasteiger partial charge in [-0.15, -0.1) is 0 Å². The van der Waals surface area contributed by atoms with E-state index in [4.69, 9.17) is 0 Å². The first-order valence-electron chi connectivity index (χ1n) is 8.42. The van der Waals surface area contributed by atoms with E-state index in [0.717, 1.165) is 31.6 Å². The minimum absolute atomic E-state index is 0.00852. The molecule has 0 aliphatic carbocycles. The number of benzene rings is 1. The molecule has 0 spiro atoms. The zero-order valence-electron chi connectivity index (χ0n) is 14.2. The zero-order valence-corrected chi connectivity index (χ0v) is 14.2. The Labute approximate surface area is 150 Å². The number of piperidine rings is 1. The fourth-order valence-corrected chi connectivity index (χ4v) is 2.90. The van der Waals surface area contributed by atoms with Crippen LogP contribution in [0, 0.1) is 10.1 Å². The standard InChI is InChI=1S/C18H19N5O3/c24-18(14-5-4-8-19-12-14)21-20-13-15-11-16(23(25)26)6-7-17(15)22-9-2-1-3-10-22/h4-8,11-13H,1-3,9-10H2,(H,21,24)/b20-13+. The lowest BCUT2D eigenvalue weighted by molar-refractivity contribution is -0.384. The van der Waals surface area contributed by atoms with E-state index >= 15 is 0 Å². The smallest absolute Gasteiger partial charge is 0.272 e. The van der Waals surface area contributed by atoms with Gasteiger partial charge in [0.05, 0.1) is 16.7 Å². The fraction of sp³-hybridized carbons (Fsp3) is 0.278. The van der Waals surface area contributed by atoms with Crippen LogP contribution in [-0.2, 0) is 0 Å². The number of non-ortho nitro benzene ring substituents is 1. The van der Waals surface area contributed by atoms with Crippen LogP contribution in [0.25, 0.3) is 0 Å². The highest BCUT2D eigenvalue weighted by molar-refractivity contribution is 5.95. The van der Waals surface area contributed by atoms with Crippen molar-refractivity contribution in [3.63, 3.8) is 0 Å². The Kier molecular flexibility index (Phi) is 5.52. The van der Waals surface area contributed by atoms with Gasteiger partial charge in [-0.1, -0.05) is 0 Å². The highest BCUT2D eigenvalue weighted by Crippen LogP contribution is 2.26. The molecule has 2 heterocycles. The van der Waals surface area contributed by atoms with E-state index in [1.807, 2.05) is 0 Å². The van der Waals surface area contributed by atoms with Crippen LogP contribution in [-0.4, -0.2) is 35.1 Å². The van der Waals surface area contributed by atoms with E-state index < -0.39 is 4.92 Å². The van der Waals surface area contributed by atoms with Gasteiger partial charge in [-0.25, -0.2) is 5.43 Å². The summed E-state index contributed by atoms with van der Waals surface area (Å²) in [6.07, 6.45) is 7.83. The van der Waals surface area contributed by atoms with Crippen molar-refractivity contribution in [3.8, 4) is 0 Å². The van der Waals surface area contributed by atoms with E-state index in [1.165, 1.54) is 31.0 Å². The maximum Gasteiger partial charge on any atom is 0.272 e. The normalized spacial score (nSPS) is 14.4. The molecule has 8 nitrogen and oxygen atoms in total. The van der Waals surface area contributed by atoms with Gasteiger partial charge in [0.15, 0.2) is 0 Å². The third-order valence-electron chi connectivity index (χ3n) is 4.21. The molecule has 1 aliphatic rings. The van der Waals surface area contributed by atoms with Gasteiger partial charge < -0.3 is 4.90 Å². The zero-order chi connectivity index (χ0) is 18.4. The molecule has 0 bridgehead atoms. The molecule has 1 saturated heterocycles. The van der Waals surface area contributed by atoms with Gasteiger partial charge >= 0.3 is 0 Å². The van der Waals surface area contributed by atoms with Crippen molar-refractivity contribution in [1.82, 2.24) is 10.4 Å². The number of rotatable bonds is 5. The summed E-state index contributed by atoms with van der Waals surface area (Å²) < 4.78 is 0. The van der Waals surface area contributed by atoms with Crippen LogP contribution >= 0.6 is 0 Å². The summed E-state index contributed by atoms with van der Waals surface area (Å²) in [6, 6.07) is 8.00. The van der Waals surface area contributed by atoms with Gasteiger partial charge in [-0.05, 0) is 37.5 Å². The summed E-state index contributed by atoms with van der Waals surface area (Å²) in [7, 11) is 0. The molecule has 0 radical (unpaired) electrons. The Bertz CT molecular complexity index is 817. The number of hydrazone groups is 1. The number of aromatic nitrogens is 1. The summed E-state index contributed by atoms with van der Waals surface area (Å²) in [5, 5.41) is 15.1. The second kappa shape index (κ2) is 8.19. The Hall–Kier alpha value is -3.29. The van der Waals surface area contributed by atoms with Gasteiger partial charge in [0, 0.05) is 48.9 Å². The first kappa shape index (κ1) is 17.5. The number of nitrogens with one attached hydrogen (secondary N) is 1. The average Bonchev–Trinajstić information content (AvgIpc) is 2.69. The van der Waals surface area contributed by atoms with Crippen LogP contribution in [0.2, 0.25) is 0 Å². The lowest BCUT2D eigenvalue weighted by Gasteiger charge is -2.29. The molecule has 2 aromatic rings. The highest BCUT2D eigenvalue weighted by Gasteiger charge is 2.17. The van der Waals surface area contributed by atoms with Crippen molar-refractivity contribution in [1.29, 1.82) is 0 Å². The molecule has 1 aromatic heterocycles. The third kappa shape index (κ3) is 4.21. The highest BCUT2D eigenvalue weighted by atomic mass is 16.6. The van der Waals surface area contributed by atoms with Crippen LogP contribution < -0.4 is 10.3 Å². The molecular formula is C18H19N5O3. The predicted octanol–water partition coefficient (Wildman–Crippen LogP) is 2.74. The summed E-state index contributed by atoms with van der Waals surface area (Å²) in [5.74, 6) is -0.390. The molecule has 1 N–H and O–H groups in total. The maximum absolute atomic E-state index is 12.0. The molecule has 26 heavy (non-hydrogen) atoms. The van der Waals surface area contributed by atoms with Crippen molar-refractivity contribution >= 4 is 23.5 Å². The monoisotopic (exact) mass is 353 g/mol. The Balaban J connectivity index is 1.80. The maximum atomic E-state index is 12.0. The summed E-state index contributed by atoms with van der Waals surface area (Å²) in [5.41, 5.74) is 4.30. The molecule has 134 valence electrons. The third-order valence-corrected chi connectivity index (χ3v) is 4.21. The fourth-order valence-electron chi connectivity index (χ4n) is 2.90. The average molecular weight is 353 g/mol. The van der Waals surface area contributed by atoms with Crippen molar-refractivity contribution in [2.75, 3.05) is 18.0 Å². The number of pyridine rings is 1. The number of amides is 1. The van der Waals surface area contributed by atoms with Crippen LogP contribution in [0.3, 0.4) is 0 Å². The van der Waals surface area contributed by atoms with Gasteiger partial charge in [-0.2, -0.15) is 5.10 Å². The number of carbonyl (C=O) groups is 1. The van der Waals surface area contributed by atoms with Gasteiger partial charge in [-0.3, -0.25) is 19.9 Å². The van der Waals surface area contributed by atoms with E-state index in [2.05, 4.69) is 20.4 Å². The van der Waals surface area contributed by atoms with Crippen molar-refractivity contribution in [2.45, 2.75) is 19.3 Å². The number of anilines is 1. The number of hydrogen-bond donors (Lipinski definition) is 1. The summed E-state index contributed by atoms with van der Waals surface area (Å²) in [6.45, 7) is 1.81. The number of nitrogens with zero attached hydrogens (tertiary/aromatic N) is 4. The van der Waals surface area contributed by atoms with Crippen LogP contribution in [0.15, 0.2) is 47.8 Å². The SMILES string of the molecule is O=C(N/N=C/c1cc([N+](=O)[O-])ccc1N1CCCCC1)c1cccnc1. The minimum atomic E-state index is -0.439. The Morgan fingerprint density at radius 3 is 2.77 bits per heavy atom. The molecule has 0 atom stereocenters. The Morgan fingerprint density at radius 2 is 2.08 bits per heavy atom. The molecule has 0 unspecified atom stereocenters. The molecular weight excluding hydrogens is 334 g/mol. The summed E-state index contributed by atoms with van der Waals surface area (Å²) in [4.78, 5) is 28.7. The van der Waals surface area contributed by atoms with Crippen molar-refractivity contribution in [3.05, 3.63) is 64.0 Å². The summed E-state index contributed by atoms with van der Waals surface area (Å²) >= 11 is 0. The van der Waals surface area contributed by atoms with Gasteiger partial charge in [0.25, 0.3) is 11.6 Å². The van der Waals surface area contributed by atoms with Crippen molar-refractivity contribution in [2.24, 2.45) is 5.10 Å². The van der Waals surface area contributed by atoms with Crippen LogP contribution in [0.1, 0.15) is 35.2 Å². The van der Waals surface area contributed by atoms with Gasteiger partial charge in [0.2, 0.25) is 0 Å².